The van der Waals surface area contributed by atoms with E-state index in [-0.39, 0.29) is 6.04 Å². The first-order valence-electron chi connectivity index (χ1n) is 7.77. The third kappa shape index (κ3) is 3.12. The molecule has 2 saturated heterocycles. The van der Waals surface area contributed by atoms with Gasteiger partial charge in [-0.15, -0.1) is 11.3 Å². The second-order valence-corrected chi connectivity index (χ2v) is 6.81. The topological polar surface area (TPSA) is 56.7 Å². The molecule has 0 aromatic carbocycles. The van der Waals surface area contributed by atoms with Crippen LogP contribution in [0.15, 0.2) is 10.9 Å². The summed E-state index contributed by atoms with van der Waals surface area (Å²) in [6, 6.07) is 0.552. The number of hydrogen-bond donors (Lipinski definition) is 1. The Hall–Kier alpha value is -0.980. The Morgan fingerprint density at radius 3 is 2.76 bits per heavy atom. The molecule has 3 rings (SSSR count). The highest BCUT2D eigenvalue weighted by Crippen LogP contribution is 2.29. The van der Waals surface area contributed by atoms with Crippen LogP contribution in [-0.4, -0.2) is 57.6 Å². The molecule has 3 heterocycles. The molecule has 0 radical (unpaired) electrons. The van der Waals surface area contributed by atoms with E-state index in [0.717, 1.165) is 51.0 Å². The number of carbonyl (C=O) groups is 1. The molecule has 2 aliphatic heterocycles. The highest BCUT2D eigenvalue weighted by molar-refractivity contribution is 7.07. The minimum Gasteiger partial charge on any atom is -0.480 e. The third-order valence-corrected chi connectivity index (χ3v) is 5.58. The van der Waals surface area contributed by atoms with Gasteiger partial charge in [0.15, 0.2) is 0 Å². The molecule has 21 heavy (non-hydrogen) atoms. The van der Waals surface area contributed by atoms with Gasteiger partial charge in [-0.1, -0.05) is 0 Å². The standard InChI is InChI=1S/C15H23N3O2S/c1-11(13-9-21-10-16-13)17-7-4-12(5-8-17)18-6-2-3-14(18)15(19)20/h9-12,14H,2-8H2,1H3,(H,19,20). The van der Waals surface area contributed by atoms with E-state index in [9.17, 15) is 9.90 Å². The summed E-state index contributed by atoms with van der Waals surface area (Å²) < 4.78 is 0. The Morgan fingerprint density at radius 2 is 2.14 bits per heavy atom. The Kier molecular flexibility index (Phi) is 4.57. The van der Waals surface area contributed by atoms with Gasteiger partial charge >= 0.3 is 5.97 Å². The van der Waals surface area contributed by atoms with Crippen molar-refractivity contribution < 1.29 is 9.90 Å². The number of piperidine rings is 1. The molecule has 2 unspecified atom stereocenters. The zero-order valence-corrected chi connectivity index (χ0v) is 13.3. The number of aliphatic carboxylic acids is 1. The number of rotatable bonds is 4. The van der Waals surface area contributed by atoms with Crippen LogP contribution in [0.3, 0.4) is 0 Å². The zero-order chi connectivity index (χ0) is 14.8. The summed E-state index contributed by atoms with van der Waals surface area (Å²) in [7, 11) is 0. The number of thiazole rings is 1. The van der Waals surface area contributed by atoms with E-state index >= 15 is 0 Å². The maximum Gasteiger partial charge on any atom is 0.320 e. The number of likely N-dealkylation sites (tertiary alicyclic amines) is 2. The van der Waals surface area contributed by atoms with Crippen LogP contribution in [0.25, 0.3) is 0 Å². The maximum atomic E-state index is 11.3. The van der Waals surface area contributed by atoms with Crippen LogP contribution >= 0.6 is 11.3 Å². The van der Waals surface area contributed by atoms with Crippen molar-refractivity contribution in [3.63, 3.8) is 0 Å². The summed E-state index contributed by atoms with van der Waals surface area (Å²) in [4.78, 5) is 20.4. The first kappa shape index (κ1) is 14.9. The van der Waals surface area contributed by atoms with Gasteiger partial charge in [-0.3, -0.25) is 14.6 Å². The van der Waals surface area contributed by atoms with Gasteiger partial charge in [0.1, 0.15) is 6.04 Å². The van der Waals surface area contributed by atoms with Crippen molar-refractivity contribution in [1.82, 2.24) is 14.8 Å². The van der Waals surface area contributed by atoms with Crippen LogP contribution in [0.5, 0.6) is 0 Å². The van der Waals surface area contributed by atoms with E-state index in [1.165, 1.54) is 0 Å². The van der Waals surface area contributed by atoms with Gasteiger partial charge in [-0.2, -0.15) is 0 Å². The van der Waals surface area contributed by atoms with E-state index < -0.39 is 5.97 Å². The summed E-state index contributed by atoms with van der Waals surface area (Å²) in [6.07, 6.45) is 3.97. The molecule has 0 aliphatic carbocycles. The lowest BCUT2D eigenvalue weighted by atomic mass is 10.00. The van der Waals surface area contributed by atoms with E-state index in [0.29, 0.717) is 12.1 Å². The number of carboxylic acid groups (broad SMARTS) is 1. The fraction of sp³-hybridized carbons (Fsp3) is 0.733. The molecule has 2 atom stereocenters. The fourth-order valence-corrected chi connectivity index (χ4v) is 4.35. The minimum atomic E-state index is -0.647. The minimum absolute atomic E-state index is 0.252. The van der Waals surface area contributed by atoms with Gasteiger partial charge in [0, 0.05) is 24.5 Å². The summed E-state index contributed by atoms with van der Waals surface area (Å²) in [5.41, 5.74) is 3.04. The van der Waals surface area contributed by atoms with Crippen LogP contribution in [0.4, 0.5) is 0 Å². The van der Waals surface area contributed by atoms with Crippen LogP contribution in [0, 0.1) is 0 Å². The fourth-order valence-electron chi connectivity index (χ4n) is 3.71. The smallest absolute Gasteiger partial charge is 0.320 e. The molecular weight excluding hydrogens is 286 g/mol. The third-order valence-electron chi connectivity index (χ3n) is 4.97. The summed E-state index contributed by atoms with van der Waals surface area (Å²) in [6.45, 7) is 5.23. The molecule has 0 bridgehead atoms. The highest BCUT2D eigenvalue weighted by Gasteiger charge is 2.37. The number of nitrogens with zero attached hydrogens (tertiary/aromatic N) is 3. The van der Waals surface area contributed by atoms with E-state index in [1.807, 2.05) is 5.51 Å². The molecule has 5 nitrogen and oxygen atoms in total. The lowest BCUT2D eigenvalue weighted by Gasteiger charge is -2.40. The first-order valence-corrected chi connectivity index (χ1v) is 8.72. The van der Waals surface area contributed by atoms with Gasteiger partial charge < -0.3 is 5.11 Å². The van der Waals surface area contributed by atoms with Crippen LogP contribution < -0.4 is 0 Å². The van der Waals surface area contributed by atoms with Crippen molar-refractivity contribution >= 4 is 17.3 Å². The van der Waals surface area contributed by atoms with Crippen molar-refractivity contribution in [3.05, 3.63) is 16.6 Å². The van der Waals surface area contributed by atoms with Gasteiger partial charge in [0.05, 0.1) is 17.2 Å². The summed E-state index contributed by atoms with van der Waals surface area (Å²) >= 11 is 1.65. The number of hydrogen-bond acceptors (Lipinski definition) is 5. The second-order valence-electron chi connectivity index (χ2n) is 6.09. The molecule has 2 aliphatic rings. The average molecular weight is 309 g/mol. The molecular formula is C15H23N3O2S. The molecule has 6 heteroatoms. The molecule has 1 aromatic heterocycles. The van der Waals surface area contributed by atoms with Crippen molar-refractivity contribution in [2.45, 2.75) is 50.7 Å². The first-order chi connectivity index (χ1) is 10.2. The number of aromatic nitrogens is 1. The Morgan fingerprint density at radius 1 is 1.38 bits per heavy atom. The normalized spacial score (nSPS) is 27.0. The Balaban J connectivity index is 1.56. The quantitative estimate of drug-likeness (QED) is 0.924. The van der Waals surface area contributed by atoms with Crippen molar-refractivity contribution in [3.8, 4) is 0 Å². The molecule has 0 spiro atoms. The van der Waals surface area contributed by atoms with Crippen molar-refractivity contribution in [2.24, 2.45) is 0 Å². The van der Waals surface area contributed by atoms with Crippen molar-refractivity contribution in [1.29, 1.82) is 0 Å². The zero-order valence-electron chi connectivity index (χ0n) is 12.4. The lowest BCUT2D eigenvalue weighted by molar-refractivity contribution is -0.143. The second kappa shape index (κ2) is 6.42. The van der Waals surface area contributed by atoms with Gasteiger partial charge in [-0.05, 0) is 39.2 Å². The van der Waals surface area contributed by atoms with E-state index in [1.54, 1.807) is 11.3 Å². The van der Waals surface area contributed by atoms with E-state index in [4.69, 9.17) is 0 Å². The molecule has 0 saturated carbocycles. The lowest BCUT2D eigenvalue weighted by Crippen LogP contribution is -2.49. The molecule has 116 valence electrons. The molecule has 2 fully saturated rings. The molecule has 0 amide bonds. The van der Waals surface area contributed by atoms with Gasteiger partial charge in [0.25, 0.3) is 0 Å². The molecule has 1 aromatic rings. The van der Waals surface area contributed by atoms with Crippen LogP contribution in [-0.2, 0) is 4.79 Å². The van der Waals surface area contributed by atoms with Gasteiger partial charge in [0.2, 0.25) is 0 Å². The largest absolute Gasteiger partial charge is 0.480 e. The monoisotopic (exact) mass is 309 g/mol. The number of carboxylic acids is 1. The predicted molar refractivity (Wildman–Crippen MR) is 82.5 cm³/mol. The summed E-state index contributed by atoms with van der Waals surface area (Å²) in [5, 5.41) is 11.4. The van der Waals surface area contributed by atoms with Gasteiger partial charge in [-0.25, -0.2) is 4.98 Å². The Labute approximate surface area is 129 Å². The maximum absolute atomic E-state index is 11.3. The van der Waals surface area contributed by atoms with E-state index in [2.05, 4.69) is 27.1 Å². The van der Waals surface area contributed by atoms with Crippen molar-refractivity contribution in [2.75, 3.05) is 19.6 Å². The van der Waals surface area contributed by atoms with Crippen LogP contribution in [0.2, 0.25) is 0 Å². The SMILES string of the molecule is CC(c1cscn1)N1CCC(N2CCCC2C(=O)O)CC1. The summed E-state index contributed by atoms with van der Waals surface area (Å²) in [5.74, 6) is -0.647. The van der Waals surface area contributed by atoms with Crippen LogP contribution in [0.1, 0.15) is 44.3 Å². The molecule has 1 N–H and O–H groups in total. The highest BCUT2D eigenvalue weighted by atomic mass is 32.1. The average Bonchev–Trinajstić information content (AvgIpc) is 3.18. The Bertz CT molecular complexity index is 471. The predicted octanol–water partition coefficient (Wildman–Crippen LogP) is 2.22.